The summed E-state index contributed by atoms with van der Waals surface area (Å²) < 4.78 is 37.3. The van der Waals surface area contributed by atoms with E-state index >= 15 is 0 Å². The largest absolute Gasteiger partial charge is 0.416 e. The van der Waals surface area contributed by atoms with Crippen LogP contribution in [0.2, 0.25) is 0 Å². The second-order valence-electron chi connectivity index (χ2n) is 3.62. The summed E-state index contributed by atoms with van der Waals surface area (Å²) in [4.78, 5) is 0.672. The van der Waals surface area contributed by atoms with Crippen molar-refractivity contribution >= 4 is 23.4 Å². The summed E-state index contributed by atoms with van der Waals surface area (Å²) in [5, 5.41) is 0. The Morgan fingerprint density at radius 1 is 1.12 bits per heavy atom. The van der Waals surface area contributed by atoms with Gasteiger partial charge in [0.15, 0.2) is 0 Å². The van der Waals surface area contributed by atoms with Crippen LogP contribution in [0.3, 0.4) is 0 Å². The van der Waals surface area contributed by atoms with Crippen molar-refractivity contribution in [3.63, 3.8) is 0 Å². The third-order valence-electron chi connectivity index (χ3n) is 2.21. The van der Waals surface area contributed by atoms with Gasteiger partial charge in [0, 0.05) is 10.8 Å². The lowest BCUT2D eigenvalue weighted by atomic mass is 10.2. The van der Waals surface area contributed by atoms with Gasteiger partial charge in [0.1, 0.15) is 0 Å². The number of hydrogen-bond donors (Lipinski definition) is 0. The predicted octanol–water partition coefficient (Wildman–Crippen LogP) is 5.21. The average Bonchev–Trinajstić information content (AvgIpc) is 2.28. The smallest absolute Gasteiger partial charge is 0.166 e. The lowest BCUT2D eigenvalue weighted by Gasteiger charge is -2.08. The molecule has 0 aliphatic heterocycles. The van der Waals surface area contributed by atoms with Crippen molar-refractivity contribution in [1.82, 2.24) is 0 Å². The van der Waals surface area contributed by atoms with E-state index in [4.69, 9.17) is 11.6 Å². The monoisotopic (exact) mass is 282 g/mol. The van der Waals surface area contributed by atoms with E-state index < -0.39 is 11.7 Å². The normalized spacial score (nSPS) is 11.8. The molecule has 0 fully saturated rings. The Hall–Kier alpha value is -0.350. The molecule has 1 aromatic carbocycles. The Labute approximate surface area is 109 Å². The third-order valence-corrected chi connectivity index (χ3v) is 3.56. The SMILES string of the molecule is FC(F)(F)c1cccc(SCCCCCCl)c1. The molecule has 5 heteroatoms. The molecule has 0 bridgehead atoms. The number of rotatable bonds is 6. The Bertz CT molecular complexity index is 339. The van der Waals surface area contributed by atoms with Crippen LogP contribution in [0.15, 0.2) is 29.2 Å². The molecule has 0 aromatic heterocycles. The minimum absolute atomic E-state index is 0.580. The molecular formula is C12H14ClF3S. The highest BCUT2D eigenvalue weighted by Crippen LogP contribution is 2.32. The van der Waals surface area contributed by atoms with Gasteiger partial charge in [-0.2, -0.15) is 13.2 Å². The van der Waals surface area contributed by atoms with Crippen LogP contribution in [0.5, 0.6) is 0 Å². The molecule has 0 amide bonds. The van der Waals surface area contributed by atoms with Gasteiger partial charge in [0.2, 0.25) is 0 Å². The molecule has 1 rings (SSSR count). The molecule has 0 saturated heterocycles. The highest BCUT2D eigenvalue weighted by molar-refractivity contribution is 7.99. The van der Waals surface area contributed by atoms with Crippen LogP contribution in [0, 0.1) is 0 Å². The van der Waals surface area contributed by atoms with Gasteiger partial charge in [-0.05, 0) is 36.8 Å². The van der Waals surface area contributed by atoms with Crippen molar-refractivity contribution in [1.29, 1.82) is 0 Å². The van der Waals surface area contributed by atoms with E-state index in [1.54, 1.807) is 6.07 Å². The van der Waals surface area contributed by atoms with Gasteiger partial charge in [-0.1, -0.05) is 12.5 Å². The van der Waals surface area contributed by atoms with Crippen molar-refractivity contribution < 1.29 is 13.2 Å². The van der Waals surface area contributed by atoms with Crippen LogP contribution in [0.25, 0.3) is 0 Å². The maximum atomic E-state index is 12.4. The van der Waals surface area contributed by atoms with E-state index in [9.17, 15) is 13.2 Å². The zero-order chi connectivity index (χ0) is 12.7. The fourth-order valence-corrected chi connectivity index (χ4v) is 2.48. The summed E-state index contributed by atoms with van der Waals surface area (Å²) >= 11 is 6.99. The van der Waals surface area contributed by atoms with E-state index in [1.165, 1.54) is 23.9 Å². The molecule has 0 radical (unpaired) electrons. The van der Waals surface area contributed by atoms with Gasteiger partial charge in [-0.25, -0.2) is 0 Å². The molecule has 0 unspecified atom stereocenters. The molecule has 1 aromatic rings. The molecular weight excluding hydrogens is 269 g/mol. The molecule has 0 spiro atoms. The molecule has 17 heavy (non-hydrogen) atoms. The number of alkyl halides is 4. The molecule has 0 nitrogen and oxygen atoms in total. The number of benzene rings is 1. The van der Waals surface area contributed by atoms with Gasteiger partial charge in [-0.3, -0.25) is 0 Å². The Balaban J connectivity index is 2.44. The zero-order valence-corrected chi connectivity index (χ0v) is 10.8. The Morgan fingerprint density at radius 3 is 2.53 bits per heavy atom. The van der Waals surface area contributed by atoms with Crippen LogP contribution < -0.4 is 0 Å². The highest BCUT2D eigenvalue weighted by Gasteiger charge is 2.30. The molecule has 0 N–H and O–H groups in total. The van der Waals surface area contributed by atoms with Crippen LogP contribution in [0.4, 0.5) is 13.2 Å². The van der Waals surface area contributed by atoms with Gasteiger partial charge < -0.3 is 0 Å². The first-order valence-corrected chi connectivity index (χ1v) is 6.92. The highest BCUT2D eigenvalue weighted by atomic mass is 35.5. The van der Waals surface area contributed by atoms with E-state index in [1.807, 2.05) is 0 Å². The molecule has 0 heterocycles. The Morgan fingerprint density at radius 2 is 1.88 bits per heavy atom. The zero-order valence-electron chi connectivity index (χ0n) is 9.27. The topological polar surface area (TPSA) is 0 Å². The average molecular weight is 283 g/mol. The minimum Gasteiger partial charge on any atom is -0.166 e. The van der Waals surface area contributed by atoms with Crippen molar-refractivity contribution in [3.05, 3.63) is 29.8 Å². The minimum atomic E-state index is -4.25. The molecule has 0 atom stereocenters. The van der Waals surface area contributed by atoms with Crippen LogP contribution in [-0.4, -0.2) is 11.6 Å². The summed E-state index contributed by atoms with van der Waals surface area (Å²) in [6, 6.07) is 5.45. The Kier molecular flexibility index (Phi) is 6.20. The fourth-order valence-electron chi connectivity index (χ4n) is 1.33. The standard InChI is InChI=1S/C12H14ClF3S/c13-7-2-1-3-8-17-11-6-4-5-10(9-11)12(14,15)16/h4-6,9H,1-3,7-8H2. The molecule has 0 saturated carbocycles. The van der Waals surface area contributed by atoms with E-state index in [2.05, 4.69) is 0 Å². The molecule has 96 valence electrons. The predicted molar refractivity (Wildman–Crippen MR) is 66.7 cm³/mol. The van der Waals surface area contributed by atoms with Gasteiger partial charge in [-0.15, -0.1) is 23.4 Å². The summed E-state index contributed by atoms with van der Waals surface area (Å²) in [6.45, 7) is 0. The van der Waals surface area contributed by atoms with E-state index in [0.29, 0.717) is 10.8 Å². The van der Waals surface area contributed by atoms with E-state index in [0.717, 1.165) is 31.1 Å². The van der Waals surface area contributed by atoms with Crippen molar-refractivity contribution in [2.24, 2.45) is 0 Å². The summed E-state index contributed by atoms with van der Waals surface area (Å²) in [6.07, 6.45) is -1.29. The number of halogens is 4. The van der Waals surface area contributed by atoms with Crippen molar-refractivity contribution in [2.45, 2.75) is 30.3 Å². The van der Waals surface area contributed by atoms with Crippen LogP contribution >= 0.6 is 23.4 Å². The lowest BCUT2D eigenvalue weighted by molar-refractivity contribution is -0.137. The maximum absolute atomic E-state index is 12.4. The first-order valence-electron chi connectivity index (χ1n) is 5.40. The quantitative estimate of drug-likeness (QED) is 0.392. The van der Waals surface area contributed by atoms with Crippen molar-refractivity contribution in [2.75, 3.05) is 11.6 Å². The first-order chi connectivity index (χ1) is 8.04. The van der Waals surface area contributed by atoms with Crippen LogP contribution in [0.1, 0.15) is 24.8 Å². The summed E-state index contributed by atoms with van der Waals surface area (Å²) in [5.41, 5.74) is -0.580. The van der Waals surface area contributed by atoms with Crippen molar-refractivity contribution in [3.8, 4) is 0 Å². The number of unbranched alkanes of at least 4 members (excludes halogenated alkanes) is 2. The molecule has 0 aliphatic rings. The van der Waals surface area contributed by atoms with Gasteiger partial charge >= 0.3 is 6.18 Å². The maximum Gasteiger partial charge on any atom is 0.416 e. The molecule has 0 aliphatic carbocycles. The second-order valence-corrected chi connectivity index (χ2v) is 5.17. The lowest BCUT2D eigenvalue weighted by Crippen LogP contribution is -2.04. The van der Waals surface area contributed by atoms with Gasteiger partial charge in [0.05, 0.1) is 5.56 Å². The number of hydrogen-bond acceptors (Lipinski definition) is 1. The van der Waals surface area contributed by atoms with Gasteiger partial charge in [0.25, 0.3) is 0 Å². The third kappa shape index (κ3) is 5.68. The van der Waals surface area contributed by atoms with Crippen LogP contribution in [-0.2, 0) is 6.18 Å². The second kappa shape index (κ2) is 7.17. The summed E-state index contributed by atoms with van der Waals surface area (Å²) in [5.74, 6) is 1.48. The first kappa shape index (κ1) is 14.7. The fraction of sp³-hybridized carbons (Fsp3) is 0.500. The summed E-state index contributed by atoms with van der Waals surface area (Å²) in [7, 11) is 0. The van der Waals surface area contributed by atoms with E-state index in [-0.39, 0.29) is 0 Å². The number of thioether (sulfide) groups is 1.